The van der Waals surface area contributed by atoms with Crippen LogP contribution in [-0.2, 0) is 10.0 Å². The van der Waals surface area contributed by atoms with Crippen LogP contribution in [0.5, 0.6) is 0 Å². The minimum absolute atomic E-state index is 0.000342. The van der Waals surface area contributed by atoms with Gasteiger partial charge in [-0.2, -0.15) is 12.5 Å². The maximum atomic E-state index is 13.6. The van der Waals surface area contributed by atoms with Crippen LogP contribution in [0.4, 0.5) is 4.39 Å². The summed E-state index contributed by atoms with van der Waals surface area (Å²) in [6, 6.07) is 2.63. The van der Waals surface area contributed by atoms with Gasteiger partial charge in [-0.1, -0.05) is 6.07 Å². The molecule has 0 spiro atoms. The highest BCUT2D eigenvalue weighted by Crippen LogP contribution is 2.21. The fraction of sp³-hybridized carbons (Fsp3) is 0.389. The third-order valence-electron chi connectivity index (χ3n) is 4.47. The summed E-state index contributed by atoms with van der Waals surface area (Å²) in [6.45, 7) is 8.39. The highest BCUT2D eigenvalue weighted by atomic mass is 32.2. The second kappa shape index (κ2) is 6.69. The molecule has 0 N–H and O–H groups in total. The van der Waals surface area contributed by atoms with E-state index in [1.54, 1.807) is 27.7 Å². The zero-order valence-electron chi connectivity index (χ0n) is 16.2. The van der Waals surface area contributed by atoms with Gasteiger partial charge in [0.2, 0.25) is 0 Å². The number of benzene rings is 1. The summed E-state index contributed by atoms with van der Waals surface area (Å²) >= 11 is 0. The average Bonchev–Trinajstić information content (AvgIpc) is 3.02. The van der Waals surface area contributed by atoms with Crippen LogP contribution in [0.25, 0.3) is 11.0 Å². The zero-order valence-corrected chi connectivity index (χ0v) is 17.0. The Balaban J connectivity index is 2.41. The normalized spacial score (nSPS) is 12.4. The topological polar surface area (TPSA) is 96.0 Å². The van der Waals surface area contributed by atoms with Gasteiger partial charge in [0.15, 0.2) is 5.65 Å². The molecule has 2 heterocycles. The largest absolute Gasteiger partial charge is 0.333 e. The Labute approximate surface area is 160 Å². The van der Waals surface area contributed by atoms with E-state index in [-0.39, 0.29) is 22.0 Å². The van der Waals surface area contributed by atoms with Crippen molar-refractivity contribution in [1.29, 1.82) is 0 Å². The third kappa shape index (κ3) is 2.97. The fourth-order valence-electron chi connectivity index (χ4n) is 3.09. The summed E-state index contributed by atoms with van der Waals surface area (Å²) < 4.78 is 42.6. The first-order valence-electron chi connectivity index (χ1n) is 8.75. The predicted octanol–water partition coefficient (Wildman–Crippen LogP) is 2.21. The number of nitrogens with zero attached hydrogens (tertiary/aromatic N) is 4. The molecule has 28 heavy (non-hydrogen) atoms. The molecule has 3 rings (SSSR count). The van der Waals surface area contributed by atoms with Crippen LogP contribution in [0, 0.1) is 12.7 Å². The van der Waals surface area contributed by atoms with Crippen LogP contribution in [0.2, 0.25) is 0 Å². The molecular formula is C18H21FN4O4S. The van der Waals surface area contributed by atoms with Gasteiger partial charge in [0.05, 0.1) is 11.1 Å². The molecule has 3 aromatic rings. The molecule has 0 saturated heterocycles. The summed E-state index contributed by atoms with van der Waals surface area (Å²) in [5, 5.41) is 4.03. The van der Waals surface area contributed by atoms with Crippen molar-refractivity contribution in [3.8, 4) is 0 Å². The van der Waals surface area contributed by atoms with Gasteiger partial charge in [-0.15, -0.1) is 5.10 Å². The van der Waals surface area contributed by atoms with Crippen molar-refractivity contribution in [1.82, 2.24) is 18.3 Å². The second-order valence-corrected chi connectivity index (χ2v) is 8.93. The molecule has 0 saturated carbocycles. The highest BCUT2D eigenvalue weighted by Gasteiger charge is 2.26. The maximum absolute atomic E-state index is 13.6. The number of hydrogen-bond donors (Lipinski definition) is 0. The van der Waals surface area contributed by atoms with Crippen LogP contribution in [-0.4, -0.2) is 26.7 Å². The molecule has 0 bridgehead atoms. The summed E-state index contributed by atoms with van der Waals surface area (Å²) in [7, 11) is -4.26. The van der Waals surface area contributed by atoms with Gasteiger partial charge in [-0.05, 0) is 52.3 Å². The van der Waals surface area contributed by atoms with Crippen molar-refractivity contribution in [2.75, 3.05) is 0 Å². The molecule has 0 aliphatic rings. The lowest BCUT2D eigenvalue weighted by Gasteiger charge is -2.15. The van der Waals surface area contributed by atoms with Gasteiger partial charge in [0.25, 0.3) is 15.6 Å². The molecule has 0 radical (unpaired) electrons. The van der Waals surface area contributed by atoms with Gasteiger partial charge >= 0.3 is 5.69 Å². The summed E-state index contributed by atoms with van der Waals surface area (Å²) in [5.41, 5.74) is -0.877. The molecule has 0 unspecified atom stereocenters. The van der Waals surface area contributed by atoms with Crippen molar-refractivity contribution in [3.05, 3.63) is 56.6 Å². The molecule has 0 atom stereocenters. The highest BCUT2D eigenvalue weighted by molar-refractivity contribution is 7.89. The van der Waals surface area contributed by atoms with E-state index in [4.69, 9.17) is 0 Å². The molecule has 2 aromatic heterocycles. The van der Waals surface area contributed by atoms with Gasteiger partial charge < -0.3 is 0 Å². The van der Waals surface area contributed by atoms with E-state index in [1.165, 1.54) is 17.6 Å². The number of aryl methyl sites for hydroxylation is 1. The van der Waals surface area contributed by atoms with Gasteiger partial charge in [-0.25, -0.2) is 9.18 Å². The zero-order chi connectivity index (χ0) is 21.0. The molecule has 1 aromatic carbocycles. The fourth-order valence-corrected chi connectivity index (χ4v) is 4.46. The number of hydrogen-bond acceptors (Lipinski definition) is 5. The van der Waals surface area contributed by atoms with E-state index in [0.717, 1.165) is 22.9 Å². The smallest absolute Gasteiger partial charge is 0.273 e. The van der Waals surface area contributed by atoms with E-state index in [1.807, 2.05) is 0 Å². The average molecular weight is 408 g/mol. The van der Waals surface area contributed by atoms with E-state index >= 15 is 0 Å². The second-order valence-electron chi connectivity index (χ2n) is 7.17. The van der Waals surface area contributed by atoms with E-state index in [9.17, 15) is 22.4 Å². The Kier molecular flexibility index (Phi) is 4.78. The van der Waals surface area contributed by atoms with E-state index in [0.29, 0.717) is 9.65 Å². The quantitative estimate of drug-likeness (QED) is 0.659. The van der Waals surface area contributed by atoms with Crippen molar-refractivity contribution in [2.24, 2.45) is 0 Å². The number of halogens is 1. The number of rotatable bonds is 4. The minimum atomic E-state index is -4.26. The summed E-state index contributed by atoms with van der Waals surface area (Å²) in [4.78, 5) is 25.3. The molecule has 0 aliphatic carbocycles. The molecule has 0 amide bonds. The van der Waals surface area contributed by atoms with Crippen molar-refractivity contribution in [2.45, 2.75) is 51.6 Å². The van der Waals surface area contributed by atoms with Crippen LogP contribution >= 0.6 is 0 Å². The molecule has 8 nitrogen and oxygen atoms in total. The minimum Gasteiger partial charge on any atom is -0.273 e. The van der Waals surface area contributed by atoms with Crippen molar-refractivity contribution >= 4 is 21.1 Å². The molecule has 0 fully saturated rings. The lowest BCUT2D eigenvalue weighted by atomic mass is 10.2. The van der Waals surface area contributed by atoms with Gasteiger partial charge in [0, 0.05) is 12.1 Å². The summed E-state index contributed by atoms with van der Waals surface area (Å²) in [6.07, 6.45) is 1.08. The predicted molar refractivity (Wildman–Crippen MR) is 103 cm³/mol. The van der Waals surface area contributed by atoms with Crippen molar-refractivity contribution < 1.29 is 12.8 Å². The first-order chi connectivity index (χ1) is 13.0. The Morgan fingerprint density at radius 2 is 1.64 bits per heavy atom. The van der Waals surface area contributed by atoms with Gasteiger partial charge in [0.1, 0.15) is 11.2 Å². The maximum Gasteiger partial charge on any atom is 0.333 e. The van der Waals surface area contributed by atoms with E-state index < -0.39 is 33.1 Å². The number of aromatic nitrogens is 4. The molecule has 10 heteroatoms. The third-order valence-corrected chi connectivity index (χ3v) is 6.15. The lowest BCUT2D eigenvalue weighted by Crippen LogP contribution is -2.41. The van der Waals surface area contributed by atoms with Crippen LogP contribution in [0.3, 0.4) is 0 Å². The van der Waals surface area contributed by atoms with Crippen LogP contribution in [0.15, 0.2) is 38.9 Å². The summed E-state index contributed by atoms with van der Waals surface area (Å²) in [5.74, 6) is -0.706. The lowest BCUT2D eigenvalue weighted by molar-refractivity contribution is 0.486. The first-order valence-corrected chi connectivity index (χ1v) is 10.2. The molecule has 150 valence electrons. The first kappa shape index (κ1) is 20.0. The monoisotopic (exact) mass is 408 g/mol. The van der Waals surface area contributed by atoms with Crippen LogP contribution < -0.4 is 11.2 Å². The Bertz CT molecular complexity index is 1300. The van der Waals surface area contributed by atoms with Crippen molar-refractivity contribution in [3.63, 3.8) is 0 Å². The Hall–Kier alpha value is -2.75. The van der Waals surface area contributed by atoms with E-state index in [2.05, 4.69) is 5.10 Å². The molecule has 0 aliphatic heterocycles. The Morgan fingerprint density at radius 1 is 1.04 bits per heavy atom. The standard InChI is InChI=1S/C18H21FN4O4S/c1-10(2)22-16-14(17(24)23(11(3)4)18(22)25)9-21(20-16)28(26,27)15-8-13(19)7-6-12(15)5/h6-11H,1-5H3. The SMILES string of the molecule is Cc1ccc(F)cc1S(=O)(=O)n1cc2c(=O)n(C(C)C)c(=O)n(C(C)C)c2n1. The van der Waals surface area contributed by atoms with Crippen LogP contribution in [0.1, 0.15) is 45.3 Å². The molecular weight excluding hydrogens is 387 g/mol. The van der Waals surface area contributed by atoms with Gasteiger partial charge in [-0.3, -0.25) is 13.9 Å². The number of fused-ring (bicyclic) bond motifs is 1. The Morgan fingerprint density at radius 3 is 2.21 bits per heavy atom.